The molecule has 0 unspecified atom stereocenters. The maximum Gasteiger partial charge on any atom is 0.161 e. The summed E-state index contributed by atoms with van der Waals surface area (Å²) in [6.07, 6.45) is 1.74. The molecular formula is C22H22N2O3. The molecule has 3 rings (SSSR count). The van der Waals surface area contributed by atoms with Gasteiger partial charge < -0.3 is 14.2 Å². The predicted molar refractivity (Wildman–Crippen MR) is 108 cm³/mol. The van der Waals surface area contributed by atoms with E-state index in [4.69, 9.17) is 14.2 Å². The van der Waals surface area contributed by atoms with Gasteiger partial charge in [0.25, 0.3) is 0 Å². The first-order valence-electron chi connectivity index (χ1n) is 8.56. The molecule has 0 atom stereocenters. The van der Waals surface area contributed by atoms with E-state index < -0.39 is 0 Å². The lowest BCUT2D eigenvalue weighted by atomic mass is 10.2. The van der Waals surface area contributed by atoms with E-state index in [1.165, 1.54) is 0 Å². The maximum absolute atomic E-state index is 5.90. The quantitative estimate of drug-likeness (QED) is 0.465. The van der Waals surface area contributed by atoms with Gasteiger partial charge >= 0.3 is 0 Å². The zero-order valence-corrected chi connectivity index (χ0v) is 15.4. The van der Waals surface area contributed by atoms with Crippen LogP contribution in [0.1, 0.15) is 11.1 Å². The van der Waals surface area contributed by atoms with Crippen molar-refractivity contribution in [3.05, 3.63) is 83.9 Å². The molecule has 27 heavy (non-hydrogen) atoms. The summed E-state index contributed by atoms with van der Waals surface area (Å²) in [7, 11) is 3.27. The van der Waals surface area contributed by atoms with E-state index in [0.29, 0.717) is 18.1 Å². The van der Waals surface area contributed by atoms with E-state index in [1.807, 2.05) is 72.8 Å². The fraction of sp³-hybridized carbons (Fsp3) is 0.136. The van der Waals surface area contributed by atoms with Crippen LogP contribution in [0.2, 0.25) is 0 Å². The summed E-state index contributed by atoms with van der Waals surface area (Å²) >= 11 is 0. The highest BCUT2D eigenvalue weighted by molar-refractivity contribution is 5.81. The number of benzene rings is 3. The lowest BCUT2D eigenvalue weighted by molar-refractivity contribution is 0.284. The summed E-state index contributed by atoms with van der Waals surface area (Å²) < 4.78 is 16.6. The van der Waals surface area contributed by atoms with Crippen molar-refractivity contribution in [1.82, 2.24) is 0 Å². The van der Waals surface area contributed by atoms with E-state index in [2.05, 4.69) is 10.5 Å². The molecule has 0 aliphatic rings. The highest BCUT2D eigenvalue weighted by Gasteiger charge is 2.06. The maximum atomic E-state index is 5.90. The Morgan fingerprint density at radius 3 is 2.48 bits per heavy atom. The molecular weight excluding hydrogens is 340 g/mol. The number of nitrogens with one attached hydrogen (secondary N) is 1. The molecule has 0 bridgehead atoms. The number of para-hydroxylation sites is 1. The topological polar surface area (TPSA) is 52.1 Å². The molecule has 0 aliphatic carbocycles. The minimum absolute atomic E-state index is 0.427. The van der Waals surface area contributed by atoms with Gasteiger partial charge in [0.2, 0.25) is 0 Å². The monoisotopic (exact) mass is 362 g/mol. The zero-order valence-electron chi connectivity index (χ0n) is 15.4. The van der Waals surface area contributed by atoms with Crippen LogP contribution in [0.15, 0.2) is 77.9 Å². The molecule has 138 valence electrons. The Hall–Kier alpha value is -3.47. The summed E-state index contributed by atoms with van der Waals surface area (Å²) in [5.41, 5.74) is 5.85. The van der Waals surface area contributed by atoms with Crippen LogP contribution in [0, 0.1) is 0 Å². The van der Waals surface area contributed by atoms with Crippen LogP contribution in [0.25, 0.3) is 0 Å². The molecule has 0 amide bonds. The fourth-order valence-electron chi connectivity index (χ4n) is 2.50. The van der Waals surface area contributed by atoms with Crippen molar-refractivity contribution in [1.29, 1.82) is 0 Å². The van der Waals surface area contributed by atoms with E-state index in [1.54, 1.807) is 20.4 Å². The fourth-order valence-corrected chi connectivity index (χ4v) is 2.50. The van der Waals surface area contributed by atoms with Crippen LogP contribution in [0.4, 0.5) is 5.69 Å². The average Bonchev–Trinajstić information content (AvgIpc) is 2.73. The number of methoxy groups -OCH3 is 2. The zero-order chi connectivity index (χ0) is 18.9. The Labute approximate surface area is 159 Å². The van der Waals surface area contributed by atoms with Gasteiger partial charge in [0.05, 0.1) is 26.1 Å². The number of hydrazone groups is 1. The Morgan fingerprint density at radius 1 is 0.852 bits per heavy atom. The van der Waals surface area contributed by atoms with Gasteiger partial charge in [-0.15, -0.1) is 0 Å². The smallest absolute Gasteiger partial charge is 0.161 e. The summed E-state index contributed by atoms with van der Waals surface area (Å²) in [5, 5.41) is 4.24. The molecule has 0 aliphatic heterocycles. The summed E-state index contributed by atoms with van der Waals surface area (Å²) in [6, 6.07) is 23.2. The van der Waals surface area contributed by atoms with Gasteiger partial charge in [-0.05, 0) is 53.6 Å². The van der Waals surface area contributed by atoms with Gasteiger partial charge in [0, 0.05) is 0 Å². The van der Waals surface area contributed by atoms with Gasteiger partial charge in [-0.1, -0.05) is 30.3 Å². The largest absolute Gasteiger partial charge is 0.497 e. The van der Waals surface area contributed by atoms with Crippen LogP contribution >= 0.6 is 0 Å². The average molecular weight is 362 g/mol. The summed E-state index contributed by atoms with van der Waals surface area (Å²) in [5.74, 6) is 2.13. The number of rotatable bonds is 8. The normalized spacial score (nSPS) is 10.6. The first-order valence-corrected chi connectivity index (χ1v) is 8.56. The number of nitrogens with zero attached hydrogens (tertiary/aromatic N) is 1. The molecule has 0 saturated carbocycles. The second-order valence-corrected chi connectivity index (χ2v) is 5.79. The minimum atomic E-state index is 0.427. The van der Waals surface area contributed by atoms with Gasteiger partial charge in [0.15, 0.2) is 11.5 Å². The number of hydrogen-bond donors (Lipinski definition) is 1. The third kappa shape index (κ3) is 5.25. The Kier molecular flexibility index (Phi) is 6.30. The van der Waals surface area contributed by atoms with Gasteiger partial charge in [0.1, 0.15) is 12.4 Å². The van der Waals surface area contributed by atoms with Crippen LogP contribution in [-0.2, 0) is 6.61 Å². The van der Waals surface area contributed by atoms with Gasteiger partial charge in [-0.2, -0.15) is 5.10 Å². The van der Waals surface area contributed by atoms with Gasteiger partial charge in [-0.25, -0.2) is 0 Å². The van der Waals surface area contributed by atoms with Crippen molar-refractivity contribution in [3.63, 3.8) is 0 Å². The van der Waals surface area contributed by atoms with Crippen molar-refractivity contribution < 1.29 is 14.2 Å². The third-order valence-corrected chi connectivity index (χ3v) is 3.90. The van der Waals surface area contributed by atoms with E-state index in [0.717, 1.165) is 22.6 Å². The summed E-state index contributed by atoms with van der Waals surface area (Å²) in [6.45, 7) is 0.427. The van der Waals surface area contributed by atoms with E-state index in [-0.39, 0.29) is 0 Å². The van der Waals surface area contributed by atoms with Crippen molar-refractivity contribution in [3.8, 4) is 17.2 Å². The minimum Gasteiger partial charge on any atom is -0.497 e. The van der Waals surface area contributed by atoms with Crippen molar-refractivity contribution in [2.75, 3.05) is 19.6 Å². The van der Waals surface area contributed by atoms with Crippen LogP contribution in [0.3, 0.4) is 0 Å². The van der Waals surface area contributed by atoms with E-state index in [9.17, 15) is 0 Å². The Bertz CT molecular complexity index is 895. The van der Waals surface area contributed by atoms with Gasteiger partial charge in [-0.3, -0.25) is 5.43 Å². The molecule has 0 fully saturated rings. The molecule has 1 N–H and O–H groups in total. The number of ether oxygens (including phenoxy) is 3. The van der Waals surface area contributed by atoms with Crippen LogP contribution in [0.5, 0.6) is 17.2 Å². The molecule has 3 aromatic rings. The molecule has 0 heterocycles. The number of hydrogen-bond acceptors (Lipinski definition) is 5. The van der Waals surface area contributed by atoms with Crippen molar-refractivity contribution in [2.45, 2.75) is 6.61 Å². The van der Waals surface area contributed by atoms with E-state index >= 15 is 0 Å². The van der Waals surface area contributed by atoms with Crippen LogP contribution < -0.4 is 19.6 Å². The molecule has 5 nitrogen and oxygen atoms in total. The number of anilines is 1. The molecule has 0 saturated heterocycles. The predicted octanol–water partition coefficient (Wildman–Crippen LogP) is 4.73. The molecule has 0 spiro atoms. The SMILES string of the molecule is COc1cccc(COc2ccc(C=NNc3ccccc3)cc2OC)c1. The lowest BCUT2D eigenvalue weighted by Crippen LogP contribution is -1.99. The highest BCUT2D eigenvalue weighted by Crippen LogP contribution is 2.28. The molecule has 0 aromatic heterocycles. The summed E-state index contributed by atoms with van der Waals surface area (Å²) in [4.78, 5) is 0. The van der Waals surface area contributed by atoms with Crippen molar-refractivity contribution >= 4 is 11.9 Å². The lowest BCUT2D eigenvalue weighted by Gasteiger charge is -2.12. The first-order chi connectivity index (χ1) is 13.3. The standard InChI is InChI=1S/C22H22N2O3/c1-25-20-10-6-7-18(13-20)16-27-21-12-11-17(14-22(21)26-2)15-23-24-19-8-4-3-5-9-19/h3-15,24H,16H2,1-2H3. The van der Waals surface area contributed by atoms with Crippen molar-refractivity contribution in [2.24, 2.45) is 5.10 Å². The second kappa shape index (κ2) is 9.29. The third-order valence-electron chi connectivity index (χ3n) is 3.90. The first kappa shape index (κ1) is 18.3. The Morgan fingerprint density at radius 2 is 1.70 bits per heavy atom. The van der Waals surface area contributed by atoms with Crippen LogP contribution in [-0.4, -0.2) is 20.4 Å². The second-order valence-electron chi connectivity index (χ2n) is 5.79. The Balaban J connectivity index is 1.64. The highest BCUT2D eigenvalue weighted by atomic mass is 16.5. The molecule has 5 heteroatoms. The molecule has 0 radical (unpaired) electrons. The molecule has 3 aromatic carbocycles.